The Bertz CT molecular complexity index is 3550. The van der Waals surface area contributed by atoms with Crippen molar-refractivity contribution < 1.29 is 4.42 Å². The van der Waals surface area contributed by atoms with Crippen molar-refractivity contribution in [3.8, 4) is 50.2 Å². The molecule has 0 atom stereocenters. The van der Waals surface area contributed by atoms with E-state index in [0.29, 0.717) is 0 Å². The summed E-state index contributed by atoms with van der Waals surface area (Å²) in [5.74, 6) is 0. The fourth-order valence-corrected chi connectivity index (χ4v) is 9.29. The van der Waals surface area contributed by atoms with E-state index in [9.17, 15) is 0 Å². The zero-order valence-electron chi connectivity index (χ0n) is 34.4. The molecule has 0 radical (unpaired) electrons. The second-order valence-electron chi connectivity index (χ2n) is 16.2. The molecule has 0 saturated carbocycles. The molecular weight excluding hydrogens is 765 g/mol. The largest absolute Gasteiger partial charge is 0.456 e. The number of fused-ring (bicyclic) bond motifs is 6. The Hall–Kier alpha value is -8.40. The Balaban J connectivity index is 0.809. The number of rotatable bonds is 8. The molecule has 0 N–H and O–H groups in total. The molecule has 3 nitrogen and oxygen atoms in total. The smallest absolute Gasteiger partial charge is 0.136 e. The molecule has 2 heterocycles. The summed E-state index contributed by atoms with van der Waals surface area (Å²) in [5, 5.41) is 4.83. The van der Waals surface area contributed by atoms with Gasteiger partial charge in [0.1, 0.15) is 11.2 Å². The molecule has 0 aliphatic heterocycles. The Morgan fingerprint density at radius 1 is 0.270 bits per heavy atom. The summed E-state index contributed by atoms with van der Waals surface area (Å²) in [6.07, 6.45) is 0. The molecule has 3 heteroatoms. The highest BCUT2D eigenvalue weighted by Crippen LogP contribution is 2.39. The summed E-state index contributed by atoms with van der Waals surface area (Å²) >= 11 is 0. The van der Waals surface area contributed by atoms with Gasteiger partial charge in [0.2, 0.25) is 0 Å². The van der Waals surface area contributed by atoms with E-state index < -0.39 is 0 Å². The normalized spacial score (nSPS) is 11.5. The van der Waals surface area contributed by atoms with Crippen molar-refractivity contribution in [3.63, 3.8) is 0 Å². The summed E-state index contributed by atoms with van der Waals surface area (Å²) < 4.78 is 8.59. The van der Waals surface area contributed by atoms with Gasteiger partial charge in [-0.25, -0.2) is 0 Å². The number of hydrogen-bond acceptors (Lipinski definition) is 2. The lowest BCUT2D eigenvalue weighted by Crippen LogP contribution is -2.09. The lowest BCUT2D eigenvalue weighted by Gasteiger charge is -2.26. The summed E-state index contributed by atoms with van der Waals surface area (Å²) in [6.45, 7) is 0. The predicted molar refractivity (Wildman–Crippen MR) is 264 cm³/mol. The first-order valence-electron chi connectivity index (χ1n) is 21.5. The van der Waals surface area contributed by atoms with Crippen LogP contribution in [0.4, 0.5) is 17.1 Å². The number of nitrogens with zero attached hydrogens (tertiary/aromatic N) is 2. The Morgan fingerprint density at radius 2 is 0.698 bits per heavy atom. The minimum atomic E-state index is 0.907. The van der Waals surface area contributed by atoms with Crippen molar-refractivity contribution >= 4 is 60.8 Å². The third kappa shape index (κ3) is 6.55. The zero-order chi connectivity index (χ0) is 41.7. The van der Waals surface area contributed by atoms with Crippen molar-refractivity contribution in [2.24, 2.45) is 0 Å². The Morgan fingerprint density at radius 3 is 1.33 bits per heavy atom. The molecule has 0 aliphatic carbocycles. The van der Waals surface area contributed by atoms with Crippen LogP contribution in [0.1, 0.15) is 0 Å². The molecule has 12 aromatic rings. The van der Waals surface area contributed by atoms with Gasteiger partial charge in [0.15, 0.2) is 0 Å². The molecule has 0 spiro atoms. The Labute approximate surface area is 366 Å². The first-order chi connectivity index (χ1) is 31.2. The fourth-order valence-electron chi connectivity index (χ4n) is 9.29. The highest BCUT2D eigenvalue weighted by Gasteiger charge is 2.15. The molecule has 0 amide bonds. The molecule has 0 fully saturated rings. The fraction of sp³-hybridized carbons (Fsp3) is 0. The number of anilines is 3. The Kier molecular flexibility index (Phi) is 8.83. The molecule has 12 rings (SSSR count). The van der Waals surface area contributed by atoms with Crippen molar-refractivity contribution in [1.29, 1.82) is 0 Å². The summed E-state index contributed by atoms with van der Waals surface area (Å²) in [4.78, 5) is 2.32. The monoisotopic (exact) mass is 804 g/mol. The highest BCUT2D eigenvalue weighted by atomic mass is 16.3. The number of furan rings is 1. The second kappa shape index (κ2) is 15.3. The van der Waals surface area contributed by atoms with Gasteiger partial charge in [-0.3, -0.25) is 0 Å². The molecular formula is C60H40N2O. The van der Waals surface area contributed by atoms with Gasteiger partial charge < -0.3 is 13.9 Å². The molecule has 0 saturated heterocycles. The molecule has 0 aliphatic rings. The van der Waals surface area contributed by atoms with Crippen LogP contribution in [0.2, 0.25) is 0 Å². The molecule has 0 bridgehead atoms. The lowest BCUT2D eigenvalue weighted by molar-refractivity contribution is 0.669. The van der Waals surface area contributed by atoms with E-state index >= 15 is 0 Å². The quantitative estimate of drug-likeness (QED) is 0.153. The van der Waals surface area contributed by atoms with Crippen LogP contribution in [0.5, 0.6) is 0 Å². The molecule has 2 aromatic heterocycles. The number of benzene rings is 10. The van der Waals surface area contributed by atoms with Gasteiger partial charge in [-0.2, -0.15) is 0 Å². The zero-order valence-corrected chi connectivity index (χ0v) is 34.4. The van der Waals surface area contributed by atoms with Gasteiger partial charge in [0, 0.05) is 44.3 Å². The number of hydrogen-bond donors (Lipinski definition) is 0. The SMILES string of the molecule is c1ccc(N(c2ccc(-c3ccc(-c4cccc(-n5c6ccccc6c6ccccc65)c4)cc3)cc2)c2ccc(-c3cccc(-c4ccc5c(c4)oc4ccccc45)c3)cc2)cc1. The highest BCUT2D eigenvalue weighted by molar-refractivity contribution is 6.09. The van der Waals surface area contributed by atoms with Crippen LogP contribution in [0.15, 0.2) is 247 Å². The predicted octanol–water partition coefficient (Wildman–Crippen LogP) is 16.8. The molecule has 10 aromatic carbocycles. The van der Waals surface area contributed by atoms with Gasteiger partial charge >= 0.3 is 0 Å². The van der Waals surface area contributed by atoms with Crippen molar-refractivity contribution in [3.05, 3.63) is 243 Å². The van der Waals surface area contributed by atoms with E-state index in [1.54, 1.807) is 0 Å². The minimum Gasteiger partial charge on any atom is -0.456 e. The van der Waals surface area contributed by atoms with Gasteiger partial charge in [-0.1, -0.05) is 158 Å². The molecule has 296 valence electrons. The van der Waals surface area contributed by atoms with Crippen LogP contribution >= 0.6 is 0 Å². The molecule has 63 heavy (non-hydrogen) atoms. The summed E-state index contributed by atoms with van der Waals surface area (Å²) in [7, 11) is 0. The van der Waals surface area contributed by atoms with Crippen LogP contribution in [0, 0.1) is 0 Å². The maximum absolute atomic E-state index is 6.21. The third-order valence-corrected chi connectivity index (χ3v) is 12.4. The maximum atomic E-state index is 6.21. The average molecular weight is 805 g/mol. The second-order valence-corrected chi connectivity index (χ2v) is 16.2. The van der Waals surface area contributed by atoms with Crippen LogP contribution in [0.25, 0.3) is 93.9 Å². The van der Waals surface area contributed by atoms with Gasteiger partial charge in [0.05, 0.1) is 11.0 Å². The van der Waals surface area contributed by atoms with Crippen LogP contribution in [-0.4, -0.2) is 4.57 Å². The van der Waals surface area contributed by atoms with Crippen LogP contribution in [-0.2, 0) is 0 Å². The number of aromatic nitrogens is 1. The van der Waals surface area contributed by atoms with E-state index in [-0.39, 0.29) is 0 Å². The van der Waals surface area contributed by atoms with E-state index in [1.807, 2.05) is 12.1 Å². The third-order valence-electron chi connectivity index (χ3n) is 12.4. The maximum Gasteiger partial charge on any atom is 0.136 e. The summed E-state index contributed by atoms with van der Waals surface area (Å²) in [6, 6.07) is 87.0. The van der Waals surface area contributed by atoms with Crippen molar-refractivity contribution in [2.75, 3.05) is 4.90 Å². The van der Waals surface area contributed by atoms with Gasteiger partial charge in [-0.15, -0.1) is 0 Å². The van der Waals surface area contributed by atoms with E-state index in [1.165, 1.54) is 49.6 Å². The topological polar surface area (TPSA) is 21.3 Å². The van der Waals surface area contributed by atoms with Crippen molar-refractivity contribution in [1.82, 2.24) is 4.57 Å². The standard InChI is InChI=1S/C60H40N2O/c1-2-15-49(16-3-1)61(51-35-30-44(31-36-51)45-12-10-13-46(38-45)48-32-37-56-55-20-6-9-23-59(55)63-60(56)40-48)50-33-28-42(29-34-50)41-24-26-43(27-25-41)47-14-11-17-52(39-47)62-57-21-7-4-18-53(57)54-19-5-8-22-58(54)62/h1-40H. The average Bonchev–Trinajstić information content (AvgIpc) is 3.91. The van der Waals surface area contributed by atoms with E-state index in [2.05, 4.69) is 240 Å². The lowest BCUT2D eigenvalue weighted by atomic mass is 9.98. The van der Waals surface area contributed by atoms with Crippen LogP contribution in [0.3, 0.4) is 0 Å². The van der Waals surface area contributed by atoms with E-state index in [4.69, 9.17) is 4.42 Å². The number of para-hydroxylation sites is 4. The minimum absolute atomic E-state index is 0.907. The first-order valence-corrected chi connectivity index (χ1v) is 21.5. The van der Waals surface area contributed by atoms with Gasteiger partial charge in [0.25, 0.3) is 0 Å². The first kappa shape index (κ1) is 36.5. The van der Waals surface area contributed by atoms with Gasteiger partial charge in [-0.05, 0) is 129 Å². The molecule has 0 unspecified atom stereocenters. The summed E-state index contributed by atoms with van der Waals surface area (Å²) in [5.41, 5.74) is 18.1. The van der Waals surface area contributed by atoms with Crippen LogP contribution < -0.4 is 4.90 Å². The van der Waals surface area contributed by atoms with Crippen molar-refractivity contribution in [2.45, 2.75) is 0 Å². The van der Waals surface area contributed by atoms with E-state index in [0.717, 1.165) is 61.4 Å².